The minimum absolute atomic E-state index is 0.0707. The van der Waals surface area contributed by atoms with E-state index in [-0.39, 0.29) is 11.8 Å². The fourth-order valence-electron chi connectivity index (χ4n) is 2.98. The monoisotopic (exact) mass is 288 g/mol. The van der Waals surface area contributed by atoms with E-state index in [1.165, 1.54) is 5.56 Å². The predicted octanol–water partition coefficient (Wildman–Crippen LogP) is 3.98. The SMILES string of the molecule is O=C(Nc1cccc2cccnc12)C1CC1c1ccccc1. The summed E-state index contributed by atoms with van der Waals surface area (Å²) in [7, 11) is 0. The maximum atomic E-state index is 12.5. The van der Waals surface area contributed by atoms with Crippen molar-refractivity contribution >= 4 is 22.5 Å². The number of aromatic nitrogens is 1. The quantitative estimate of drug-likeness (QED) is 0.792. The van der Waals surface area contributed by atoms with Crippen LogP contribution in [-0.4, -0.2) is 10.9 Å². The molecule has 108 valence electrons. The average molecular weight is 288 g/mol. The highest BCUT2D eigenvalue weighted by molar-refractivity contribution is 6.02. The van der Waals surface area contributed by atoms with Gasteiger partial charge in [0.1, 0.15) is 0 Å². The lowest BCUT2D eigenvalue weighted by Crippen LogP contribution is -2.15. The lowest BCUT2D eigenvalue weighted by Gasteiger charge is -2.08. The van der Waals surface area contributed by atoms with Gasteiger partial charge in [0.15, 0.2) is 0 Å². The minimum Gasteiger partial charge on any atom is -0.324 e. The number of nitrogens with zero attached hydrogens (tertiary/aromatic N) is 1. The van der Waals surface area contributed by atoms with Gasteiger partial charge in [0.05, 0.1) is 11.2 Å². The van der Waals surface area contributed by atoms with Gasteiger partial charge in [-0.25, -0.2) is 0 Å². The second-order valence-corrected chi connectivity index (χ2v) is 5.73. The Morgan fingerprint density at radius 1 is 1.00 bits per heavy atom. The molecule has 1 amide bonds. The normalized spacial score (nSPS) is 19.8. The first-order valence-electron chi connectivity index (χ1n) is 7.52. The van der Waals surface area contributed by atoms with Crippen LogP contribution in [0.15, 0.2) is 66.9 Å². The standard InChI is InChI=1S/C19H16N2O/c22-19(16-12-15(16)13-6-2-1-3-7-13)21-17-10-4-8-14-9-5-11-20-18(14)17/h1-11,15-16H,12H2,(H,21,22). The van der Waals surface area contributed by atoms with Gasteiger partial charge in [-0.15, -0.1) is 0 Å². The number of carbonyl (C=O) groups excluding carboxylic acids is 1. The fourth-order valence-corrected chi connectivity index (χ4v) is 2.98. The van der Waals surface area contributed by atoms with Gasteiger partial charge in [0.2, 0.25) is 5.91 Å². The van der Waals surface area contributed by atoms with Crippen LogP contribution in [0, 0.1) is 5.92 Å². The first kappa shape index (κ1) is 13.0. The maximum Gasteiger partial charge on any atom is 0.228 e. The van der Waals surface area contributed by atoms with Crippen LogP contribution in [0.5, 0.6) is 0 Å². The van der Waals surface area contributed by atoms with Crippen molar-refractivity contribution in [3.05, 3.63) is 72.4 Å². The van der Waals surface area contributed by atoms with Gasteiger partial charge in [-0.2, -0.15) is 0 Å². The molecule has 0 aliphatic heterocycles. The Balaban J connectivity index is 1.53. The number of fused-ring (bicyclic) bond motifs is 1. The molecule has 3 nitrogen and oxygen atoms in total. The summed E-state index contributed by atoms with van der Waals surface area (Å²) in [4.78, 5) is 16.8. The number of hydrogen-bond acceptors (Lipinski definition) is 2. The lowest BCUT2D eigenvalue weighted by molar-refractivity contribution is -0.117. The van der Waals surface area contributed by atoms with Gasteiger partial charge in [0.25, 0.3) is 0 Å². The van der Waals surface area contributed by atoms with Crippen LogP contribution in [0.3, 0.4) is 0 Å². The Bertz CT molecular complexity index is 824. The van der Waals surface area contributed by atoms with Crippen LogP contribution in [0.1, 0.15) is 17.9 Å². The summed E-state index contributed by atoms with van der Waals surface area (Å²) >= 11 is 0. The zero-order valence-electron chi connectivity index (χ0n) is 12.1. The highest BCUT2D eigenvalue weighted by Crippen LogP contribution is 2.48. The summed E-state index contributed by atoms with van der Waals surface area (Å²) in [5, 5.41) is 4.08. The fraction of sp³-hybridized carbons (Fsp3) is 0.158. The Hall–Kier alpha value is -2.68. The number of para-hydroxylation sites is 1. The summed E-state index contributed by atoms with van der Waals surface area (Å²) in [6, 6.07) is 20.0. The van der Waals surface area contributed by atoms with Gasteiger partial charge in [-0.05, 0) is 30.0 Å². The second kappa shape index (κ2) is 5.26. The van der Waals surface area contributed by atoms with Gasteiger partial charge >= 0.3 is 0 Å². The molecule has 2 unspecified atom stereocenters. The van der Waals surface area contributed by atoms with E-state index in [2.05, 4.69) is 22.4 Å². The Labute approximate surface area is 129 Å². The molecule has 0 saturated heterocycles. The first-order chi connectivity index (χ1) is 10.8. The number of benzene rings is 2. The topological polar surface area (TPSA) is 42.0 Å². The predicted molar refractivity (Wildman–Crippen MR) is 87.7 cm³/mol. The van der Waals surface area contributed by atoms with Crippen LogP contribution in [0.2, 0.25) is 0 Å². The molecule has 1 aliphatic carbocycles. The second-order valence-electron chi connectivity index (χ2n) is 5.73. The number of hydrogen-bond donors (Lipinski definition) is 1. The summed E-state index contributed by atoms with van der Waals surface area (Å²) in [6.45, 7) is 0. The van der Waals surface area contributed by atoms with Crippen molar-refractivity contribution in [3.8, 4) is 0 Å². The number of carbonyl (C=O) groups is 1. The van der Waals surface area contributed by atoms with Crippen LogP contribution in [0.25, 0.3) is 10.9 Å². The van der Waals surface area contributed by atoms with E-state index in [1.807, 2.05) is 48.5 Å². The minimum atomic E-state index is 0.0707. The van der Waals surface area contributed by atoms with E-state index in [0.717, 1.165) is 23.0 Å². The van der Waals surface area contributed by atoms with Crippen molar-refractivity contribution in [1.82, 2.24) is 4.98 Å². The van der Waals surface area contributed by atoms with E-state index in [4.69, 9.17) is 0 Å². The van der Waals surface area contributed by atoms with Gasteiger partial charge in [0, 0.05) is 17.5 Å². The molecule has 1 heterocycles. The molecule has 1 saturated carbocycles. The molecule has 1 fully saturated rings. The van der Waals surface area contributed by atoms with Gasteiger partial charge < -0.3 is 5.32 Å². The summed E-state index contributed by atoms with van der Waals surface area (Å²) in [5.74, 6) is 0.512. The lowest BCUT2D eigenvalue weighted by atomic mass is 10.1. The van der Waals surface area contributed by atoms with Gasteiger partial charge in [-0.1, -0.05) is 48.5 Å². The highest BCUT2D eigenvalue weighted by atomic mass is 16.2. The Morgan fingerprint density at radius 3 is 2.68 bits per heavy atom. The molecule has 2 atom stereocenters. The molecule has 3 aromatic rings. The maximum absolute atomic E-state index is 12.5. The van der Waals surface area contributed by atoms with E-state index in [1.54, 1.807) is 6.20 Å². The van der Waals surface area contributed by atoms with Gasteiger partial charge in [-0.3, -0.25) is 9.78 Å². The number of anilines is 1. The molecule has 1 aromatic heterocycles. The van der Waals surface area contributed by atoms with Crippen LogP contribution >= 0.6 is 0 Å². The van der Waals surface area contributed by atoms with Crippen LogP contribution in [-0.2, 0) is 4.79 Å². The van der Waals surface area contributed by atoms with Crippen molar-refractivity contribution in [3.63, 3.8) is 0 Å². The Kier molecular flexibility index (Phi) is 3.11. The zero-order valence-corrected chi connectivity index (χ0v) is 12.1. The highest BCUT2D eigenvalue weighted by Gasteiger charge is 2.43. The first-order valence-corrected chi connectivity index (χ1v) is 7.52. The van der Waals surface area contributed by atoms with Crippen molar-refractivity contribution in [2.75, 3.05) is 5.32 Å². The third kappa shape index (κ3) is 2.35. The van der Waals surface area contributed by atoms with E-state index < -0.39 is 0 Å². The molecule has 0 spiro atoms. The molecule has 0 radical (unpaired) electrons. The molecule has 0 bridgehead atoms. The number of amides is 1. The van der Waals surface area contributed by atoms with Crippen molar-refractivity contribution in [2.24, 2.45) is 5.92 Å². The van der Waals surface area contributed by atoms with E-state index in [9.17, 15) is 4.79 Å². The molecule has 1 N–H and O–H groups in total. The zero-order chi connectivity index (χ0) is 14.9. The molecule has 3 heteroatoms. The molecule has 2 aromatic carbocycles. The number of pyridine rings is 1. The third-order valence-corrected chi connectivity index (χ3v) is 4.25. The largest absolute Gasteiger partial charge is 0.324 e. The van der Waals surface area contributed by atoms with Crippen LogP contribution in [0.4, 0.5) is 5.69 Å². The molecule has 22 heavy (non-hydrogen) atoms. The third-order valence-electron chi connectivity index (χ3n) is 4.25. The molecule has 4 rings (SSSR count). The summed E-state index contributed by atoms with van der Waals surface area (Å²) in [6.07, 6.45) is 2.68. The number of rotatable bonds is 3. The van der Waals surface area contributed by atoms with Crippen molar-refractivity contribution < 1.29 is 4.79 Å². The molecular weight excluding hydrogens is 272 g/mol. The summed E-state index contributed by atoms with van der Waals surface area (Å²) < 4.78 is 0. The Morgan fingerprint density at radius 2 is 1.82 bits per heavy atom. The summed E-state index contributed by atoms with van der Waals surface area (Å²) in [5.41, 5.74) is 2.88. The van der Waals surface area contributed by atoms with Crippen molar-refractivity contribution in [2.45, 2.75) is 12.3 Å². The van der Waals surface area contributed by atoms with Crippen molar-refractivity contribution in [1.29, 1.82) is 0 Å². The van der Waals surface area contributed by atoms with E-state index in [0.29, 0.717) is 5.92 Å². The average Bonchev–Trinajstić information content (AvgIpc) is 3.37. The number of nitrogens with one attached hydrogen (secondary N) is 1. The van der Waals surface area contributed by atoms with E-state index >= 15 is 0 Å². The smallest absolute Gasteiger partial charge is 0.228 e. The molecular formula is C19H16N2O. The van der Waals surface area contributed by atoms with Crippen LogP contribution < -0.4 is 5.32 Å². The molecule has 1 aliphatic rings.